The van der Waals surface area contributed by atoms with Gasteiger partial charge in [-0.15, -0.1) is 0 Å². The fourth-order valence-electron chi connectivity index (χ4n) is 0.134. The van der Waals surface area contributed by atoms with E-state index >= 15 is 0 Å². The molecule has 0 rings (SSSR count). The van der Waals surface area contributed by atoms with E-state index in [2.05, 4.69) is 0 Å². The molecule has 0 aromatic carbocycles. The van der Waals surface area contributed by atoms with E-state index in [4.69, 9.17) is 0 Å². The molecule has 0 unspecified atom stereocenters. The Labute approximate surface area is 50.6 Å². The molecule has 0 radical (unpaired) electrons. The molecule has 0 amide bonds. The molecule has 0 aliphatic heterocycles. The normalized spacial score (nSPS) is 13.8. The molecular formula is C3H4F3O2S-. The summed E-state index contributed by atoms with van der Waals surface area (Å²) in [7, 11) is -4.96. The summed E-state index contributed by atoms with van der Waals surface area (Å²) in [5.41, 5.74) is -5.14. The van der Waals surface area contributed by atoms with E-state index in [9.17, 15) is 21.6 Å². The van der Waals surface area contributed by atoms with Gasteiger partial charge in [-0.25, -0.2) is 5.75 Å². The van der Waals surface area contributed by atoms with Gasteiger partial charge in [0.1, 0.15) is 9.84 Å². The lowest BCUT2D eigenvalue weighted by atomic mass is 11.0. The van der Waals surface area contributed by atoms with Gasteiger partial charge in [-0.05, 0) is 0 Å². The van der Waals surface area contributed by atoms with Crippen LogP contribution in [0.5, 0.6) is 0 Å². The molecule has 56 valence electrons. The van der Waals surface area contributed by atoms with Crippen LogP contribution in [0.15, 0.2) is 0 Å². The van der Waals surface area contributed by atoms with Crippen LogP contribution < -0.4 is 0 Å². The summed E-state index contributed by atoms with van der Waals surface area (Å²) in [5.74, 6) is 0.118. The highest BCUT2D eigenvalue weighted by atomic mass is 32.2. The van der Waals surface area contributed by atoms with Gasteiger partial charge in [0.2, 0.25) is 0 Å². The van der Waals surface area contributed by atoms with Gasteiger partial charge < -0.3 is 0 Å². The van der Waals surface area contributed by atoms with E-state index in [1.165, 1.54) is 0 Å². The summed E-state index contributed by atoms with van der Waals surface area (Å²) in [6, 6.07) is 0. The largest absolute Gasteiger partial charge is 0.468 e. The van der Waals surface area contributed by atoms with Crippen LogP contribution in [0.1, 0.15) is 6.92 Å². The molecule has 0 heterocycles. The number of hydrogen-bond donors (Lipinski definition) is 0. The first kappa shape index (κ1) is 8.74. The van der Waals surface area contributed by atoms with Gasteiger partial charge in [-0.1, -0.05) is 0 Å². The number of alkyl halides is 3. The van der Waals surface area contributed by atoms with Gasteiger partial charge in [0, 0.05) is 0 Å². The van der Waals surface area contributed by atoms with Gasteiger partial charge in [0.15, 0.2) is 0 Å². The lowest BCUT2D eigenvalue weighted by Gasteiger charge is -2.11. The molecule has 0 bridgehead atoms. The van der Waals surface area contributed by atoms with E-state index in [0.717, 1.165) is 6.92 Å². The van der Waals surface area contributed by atoms with Crippen molar-refractivity contribution in [3.05, 3.63) is 5.75 Å². The second kappa shape index (κ2) is 2.17. The van der Waals surface area contributed by atoms with Crippen LogP contribution in [0.2, 0.25) is 0 Å². The average Bonchev–Trinajstić information content (AvgIpc) is 1.64. The smallest absolute Gasteiger partial charge is 0.254 e. The standard InChI is InChI=1S/C3H4F3O2S/c1-2-9(7,8)3(4,5)6/h2H,1H3/q-1. The van der Waals surface area contributed by atoms with Crippen molar-refractivity contribution in [2.75, 3.05) is 0 Å². The molecule has 0 fully saturated rings. The Morgan fingerprint density at radius 1 is 1.33 bits per heavy atom. The summed E-state index contributed by atoms with van der Waals surface area (Å²) < 4.78 is 53.3. The van der Waals surface area contributed by atoms with Crippen molar-refractivity contribution < 1.29 is 21.6 Å². The summed E-state index contributed by atoms with van der Waals surface area (Å²) in [6.07, 6.45) is 0. The highest BCUT2D eigenvalue weighted by Gasteiger charge is 2.37. The van der Waals surface area contributed by atoms with Crippen LogP contribution in [0.4, 0.5) is 13.2 Å². The molecule has 6 heteroatoms. The summed E-state index contributed by atoms with van der Waals surface area (Å²) in [6.45, 7) is 0.822. The minimum absolute atomic E-state index is 0.118. The molecule has 2 nitrogen and oxygen atoms in total. The molecule has 0 atom stereocenters. The molecule has 0 spiro atoms. The third kappa shape index (κ3) is 1.85. The quantitative estimate of drug-likeness (QED) is 0.539. The fraction of sp³-hybridized carbons (Fsp3) is 0.667. The van der Waals surface area contributed by atoms with Gasteiger partial charge in [0.25, 0.3) is 0 Å². The lowest BCUT2D eigenvalue weighted by molar-refractivity contribution is -0.0427. The van der Waals surface area contributed by atoms with Crippen LogP contribution in [0, 0.1) is 5.75 Å². The third-order valence-corrected chi connectivity index (χ3v) is 1.90. The van der Waals surface area contributed by atoms with Crippen molar-refractivity contribution >= 4 is 9.84 Å². The zero-order valence-electron chi connectivity index (χ0n) is 4.44. The molecule has 0 aliphatic carbocycles. The maximum absolute atomic E-state index is 11.2. The van der Waals surface area contributed by atoms with Gasteiger partial charge >= 0.3 is 5.51 Å². The predicted octanol–water partition coefficient (Wildman–Crippen LogP) is 1.10. The first-order valence-corrected chi connectivity index (χ1v) is 3.46. The fourth-order valence-corrected chi connectivity index (χ4v) is 0.401. The van der Waals surface area contributed by atoms with Crippen molar-refractivity contribution in [2.24, 2.45) is 0 Å². The van der Waals surface area contributed by atoms with E-state index in [0.29, 0.717) is 0 Å². The Morgan fingerprint density at radius 2 is 1.67 bits per heavy atom. The van der Waals surface area contributed by atoms with Crippen molar-refractivity contribution in [1.29, 1.82) is 0 Å². The van der Waals surface area contributed by atoms with Crippen LogP contribution in [-0.4, -0.2) is 13.9 Å². The summed E-state index contributed by atoms with van der Waals surface area (Å²) >= 11 is 0. The maximum Gasteiger partial charge on any atom is 0.468 e. The summed E-state index contributed by atoms with van der Waals surface area (Å²) in [4.78, 5) is 0. The minimum atomic E-state index is -5.14. The topological polar surface area (TPSA) is 34.1 Å². The number of rotatable bonds is 1. The van der Waals surface area contributed by atoms with E-state index in [-0.39, 0.29) is 5.75 Å². The second-order valence-electron chi connectivity index (χ2n) is 1.23. The third-order valence-electron chi connectivity index (χ3n) is 0.633. The number of hydrogen-bond acceptors (Lipinski definition) is 2. The van der Waals surface area contributed by atoms with Crippen LogP contribution >= 0.6 is 0 Å². The van der Waals surface area contributed by atoms with Crippen molar-refractivity contribution in [1.82, 2.24) is 0 Å². The van der Waals surface area contributed by atoms with Gasteiger partial charge in [-0.3, -0.25) is 8.42 Å². The molecule has 0 saturated heterocycles. The average molecular weight is 161 g/mol. The van der Waals surface area contributed by atoms with Crippen LogP contribution in [0.25, 0.3) is 0 Å². The molecular weight excluding hydrogens is 157 g/mol. The monoisotopic (exact) mass is 161 g/mol. The molecule has 0 aromatic heterocycles. The maximum atomic E-state index is 11.2. The zero-order valence-corrected chi connectivity index (χ0v) is 5.25. The highest BCUT2D eigenvalue weighted by molar-refractivity contribution is 7.94. The predicted molar refractivity (Wildman–Crippen MR) is 24.9 cm³/mol. The van der Waals surface area contributed by atoms with Gasteiger partial charge in [0.05, 0.1) is 0 Å². The first-order chi connectivity index (χ1) is 3.81. The van der Waals surface area contributed by atoms with E-state index in [1.54, 1.807) is 0 Å². The van der Waals surface area contributed by atoms with Crippen molar-refractivity contribution in [3.8, 4) is 0 Å². The molecule has 0 saturated carbocycles. The second-order valence-corrected chi connectivity index (χ2v) is 3.25. The SMILES string of the molecule is C[CH-]S(=O)(=O)C(F)(F)F. The Morgan fingerprint density at radius 3 is 1.67 bits per heavy atom. The first-order valence-electron chi connectivity index (χ1n) is 1.92. The Kier molecular flexibility index (Phi) is 2.10. The molecule has 9 heavy (non-hydrogen) atoms. The van der Waals surface area contributed by atoms with Crippen LogP contribution in [-0.2, 0) is 9.84 Å². The Bertz CT molecular complexity index is 178. The molecule has 0 aromatic rings. The van der Waals surface area contributed by atoms with Crippen molar-refractivity contribution in [2.45, 2.75) is 12.4 Å². The zero-order chi connectivity index (χ0) is 7.71. The molecule has 0 N–H and O–H groups in total. The lowest BCUT2D eigenvalue weighted by Crippen LogP contribution is -2.21. The Balaban J connectivity index is 4.57. The number of halogens is 3. The van der Waals surface area contributed by atoms with E-state index < -0.39 is 15.3 Å². The van der Waals surface area contributed by atoms with Gasteiger partial charge in [-0.2, -0.15) is 20.1 Å². The number of sulfone groups is 1. The van der Waals surface area contributed by atoms with Crippen LogP contribution in [0.3, 0.4) is 0 Å². The summed E-state index contributed by atoms with van der Waals surface area (Å²) in [5, 5.41) is 0. The Hall–Kier alpha value is -0.260. The minimum Gasteiger partial charge on any atom is -0.254 e. The van der Waals surface area contributed by atoms with E-state index in [1.807, 2.05) is 0 Å². The highest BCUT2D eigenvalue weighted by Crippen LogP contribution is 2.24. The molecule has 0 aliphatic rings. The van der Waals surface area contributed by atoms with Crippen molar-refractivity contribution in [3.63, 3.8) is 0 Å².